The number of carbonyl (C=O) groups excluding carboxylic acids is 1. The normalized spacial score (nSPS) is 16.0. The van der Waals surface area contributed by atoms with Crippen molar-refractivity contribution in [3.63, 3.8) is 0 Å². The minimum Gasteiger partial charge on any atom is -0.481 e. The Morgan fingerprint density at radius 3 is 2.80 bits per heavy atom. The second kappa shape index (κ2) is 5.00. The largest absolute Gasteiger partial charge is 0.481 e. The molecule has 2 N–H and O–H groups in total. The number of carboxylic acid groups (broad SMARTS) is 1. The lowest BCUT2D eigenvalue weighted by Crippen LogP contribution is -2.38. The first kappa shape index (κ1) is 12.7. The minimum atomic E-state index is -0.890. The van der Waals surface area contributed by atoms with Crippen LogP contribution in [0.1, 0.15) is 29.6 Å². The van der Waals surface area contributed by atoms with Crippen molar-refractivity contribution in [2.24, 2.45) is 5.92 Å². The molecular weight excluding hydrogens is 258 g/mol. The van der Waals surface area contributed by atoms with Gasteiger partial charge in [-0.2, -0.15) is 0 Å². The van der Waals surface area contributed by atoms with E-state index >= 15 is 0 Å². The summed E-state index contributed by atoms with van der Waals surface area (Å²) in [6, 6.07) is 6.99. The first-order valence-corrected chi connectivity index (χ1v) is 6.64. The number of hydrogen-bond acceptors (Lipinski definition) is 3. The highest BCUT2D eigenvalue weighted by Crippen LogP contribution is 2.34. The summed E-state index contributed by atoms with van der Waals surface area (Å²) in [5.41, 5.74) is 1.11. The van der Waals surface area contributed by atoms with Crippen LogP contribution in [0.15, 0.2) is 34.9 Å². The molecule has 1 aliphatic carbocycles. The molecule has 1 amide bonds. The first-order chi connectivity index (χ1) is 9.65. The zero-order valence-electron chi connectivity index (χ0n) is 10.8. The van der Waals surface area contributed by atoms with Gasteiger partial charge in [-0.15, -0.1) is 0 Å². The number of fused-ring (bicyclic) bond motifs is 1. The Hall–Kier alpha value is -2.30. The van der Waals surface area contributed by atoms with E-state index in [9.17, 15) is 9.59 Å². The van der Waals surface area contributed by atoms with E-state index in [1.807, 2.05) is 18.2 Å². The Morgan fingerprint density at radius 1 is 1.35 bits per heavy atom. The lowest BCUT2D eigenvalue weighted by molar-refractivity contribution is -0.137. The molecule has 0 aliphatic heterocycles. The first-order valence-electron chi connectivity index (χ1n) is 6.64. The molecule has 5 heteroatoms. The summed E-state index contributed by atoms with van der Waals surface area (Å²) in [5, 5.41) is 12.5. The number of benzene rings is 1. The van der Waals surface area contributed by atoms with Gasteiger partial charge in [-0.3, -0.25) is 9.59 Å². The van der Waals surface area contributed by atoms with Crippen molar-refractivity contribution in [2.45, 2.75) is 25.3 Å². The summed E-state index contributed by atoms with van der Waals surface area (Å²) in [6.45, 7) is 0. The van der Waals surface area contributed by atoms with Crippen molar-refractivity contribution in [1.82, 2.24) is 5.32 Å². The number of carboxylic acids is 1. The molecular formula is C15H15NO4. The number of para-hydroxylation sites is 1. The minimum absolute atomic E-state index is 0.0355. The lowest BCUT2D eigenvalue weighted by Gasteiger charge is -2.15. The number of rotatable bonds is 5. The maximum absolute atomic E-state index is 12.3. The predicted octanol–water partition coefficient (Wildman–Crippen LogP) is 2.42. The highest BCUT2D eigenvalue weighted by atomic mass is 16.4. The van der Waals surface area contributed by atoms with Gasteiger partial charge in [0.05, 0.1) is 12.0 Å². The van der Waals surface area contributed by atoms with E-state index in [0.29, 0.717) is 11.1 Å². The fourth-order valence-electron chi connectivity index (χ4n) is 2.42. The number of amides is 1. The van der Waals surface area contributed by atoms with Crippen molar-refractivity contribution in [3.05, 3.63) is 36.1 Å². The number of nitrogens with one attached hydrogen (secondary N) is 1. The SMILES string of the molecule is O=C(O)CC(NC(=O)c1coc2ccccc12)C1CC1. The fourth-order valence-corrected chi connectivity index (χ4v) is 2.42. The standard InChI is InChI=1S/C15H15NO4/c17-14(18)7-12(9-5-6-9)16-15(19)11-8-20-13-4-2-1-3-10(11)13/h1-4,8-9,12H,5-7H2,(H,16,19)(H,17,18). The van der Waals surface area contributed by atoms with Crippen LogP contribution < -0.4 is 5.32 Å². The fraction of sp³-hybridized carbons (Fsp3) is 0.333. The van der Waals surface area contributed by atoms with Crippen LogP contribution in [0.5, 0.6) is 0 Å². The summed E-state index contributed by atoms with van der Waals surface area (Å²) >= 11 is 0. The molecule has 1 unspecified atom stereocenters. The number of aliphatic carboxylic acids is 1. The van der Waals surface area contributed by atoms with Crippen LogP contribution in [0.4, 0.5) is 0 Å². The maximum atomic E-state index is 12.3. The summed E-state index contributed by atoms with van der Waals surface area (Å²) in [4.78, 5) is 23.1. The third kappa shape index (κ3) is 2.52. The quantitative estimate of drug-likeness (QED) is 0.876. The van der Waals surface area contributed by atoms with E-state index in [0.717, 1.165) is 18.2 Å². The zero-order chi connectivity index (χ0) is 14.1. The van der Waals surface area contributed by atoms with Crippen molar-refractivity contribution >= 4 is 22.8 Å². The molecule has 1 heterocycles. The van der Waals surface area contributed by atoms with Crippen LogP contribution in [-0.2, 0) is 4.79 Å². The van der Waals surface area contributed by atoms with Gasteiger partial charge in [0.25, 0.3) is 5.91 Å². The summed E-state index contributed by atoms with van der Waals surface area (Å²) in [6.07, 6.45) is 3.34. The van der Waals surface area contributed by atoms with Crippen LogP contribution in [0.3, 0.4) is 0 Å². The highest BCUT2D eigenvalue weighted by molar-refractivity contribution is 6.06. The predicted molar refractivity (Wildman–Crippen MR) is 72.4 cm³/mol. The Morgan fingerprint density at radius 2 is 2.10 bits per heavy atom. The van der Waals surface area contributed by atoms with Gasteiger partial charge < -0.3 is 14.8 Å². The van der Waals surface area contributed by atoms with Gasteiger partial charge in [0.15, 0.2) is 0 Å². The van der Waals surface area contributed by atoms with Gasteiger partial charge in [0.2, 0.25) is 0 Å². The topological polar surface area (TPSA) is 79.5 Å². The average Bonchev–Trinajstić information content (AvgIpc) is 3.16. The van der Waals surface area contributed by atoms with E-state index in [1.165, 1.54) is 6.26 Å². The molecule has 2 aromatic rings. The van der Waals surface area contributed by atoms with E-state index < -0.39 is 5.97 Å². The Kier molecular flexibility index (Phi) is 3.18. The van der Waals surface area contributed by atoms with Crippen LogP contribution in [0, 0.1) is 5.92 Å². The smallest absolute Gasteiger partial charge is 0.305 e. The third-order valence-electron chi connectivity index (χ3n) is 3.63. The second-order valence-corrected chi connectivity index (χ2v) is 5.16. The molecule has 5 nitrogen and oxygen atoms in total. The molecule has 1 aromatic heterocycles. The summed E-state index contributed by atoms with van der Waals surface area (Å²) in [5.74, 6) is -0.874. The number of furan rings is 1. The molecule has 0 spiro atoms. The summed E-state index contributed by atoms with van der Waals surface area (Å²) < 4.78 is 5.33. The second-order valence-electron chi connectivity index (χ2n) is 5.16. The van der Waals surface area contributed by atoms with Crippen molar-refractivity contribution in [2.75, 3.05) is 0 Å². The Labute approximate surface area is 115 Å². The third-order valence-corrected chi connectivity index (χ3v) is 3.63. The molecule has 1 aliphatic rings. The molecule has 1 saturated carbocycles. The Balaban J connectivity index is 1.79. The van der Waals surface area contributed by atoms with E-state index in [2.05, 4.69) is 5.32 Å². The van der Waals surface area contributed by atoms with E-state index in [4.69, 9.17) is 9.52 Å². The number of hydrogen-bond donors (Lipinski definition) is 2. The van der Waals surface area contributed by atoms with Crippen LogP contribution in [0.2, 0.25) is 0 Å². The zero-order valence-corrected chi connectivity index (χ0v) is 10.8. The van der Waals surface area contributed by atoms with Crippen molar-refractivity contribution in [3.8, 4) is 0 Å². The molecule has 104 valence electrons. The van der Waals surface area contributed by atoms with Crippen LogP contribution in [0.25, 0.3) is 11.0 Å². The van der Waals surface area contributed by atoms with Gasteiger partial charge in [0.1, 0.15) is 11.8 Å². The molecule has 0 bridgehead atoms. The molecule has 1 fully saturated rings. The van der Waals surface area contributed by atoms with Crippen molar-refractivity contribution in [1.29, 1.82) is 0 Å². The maximum Gasteiger partial charge on any atom is 0.305 e. The van der Waals surface area contributed by atoms with E-state index in [1.54, 1.807) is 6.07 Å². The van der Waals surface area contributed by atoms with Crippen molar-refractivity contribution < 1.29 is 19.1 Å². The Bertz CT molecular complexity index is 657. The molecule has 3 rings (SSSR count). The van der Waals surface area contributed by atoms with Gasteiger partial charge >= 0.3 is 5.97 Å². The van der Waals surface area contributed by atoms with Gasteiger partial charge in [-0.25, -0.2) is 0 Å². The molecule has 0 radical (unpaired) electrons. The van der Waals surface area contributed by atoms with E-state index in [-0.39, 0.29) is 24.3 Å². The number of carbonyl (C=O) groups is 2. The van der Waals surface area contributed by atoms with Gasteiger partial charge in [-0.1, -0.05) is 18.2 Å². The van der Waals surface area contributed by atoms with Crippen LogP contribution >= 0.6 is 0 Å². The molecule has 20 heavy (non-hydrogen) atoms. The monoisotopic (exact) mass is 273 g/mol. The highest BCUT2D eigenvalue weighted by Gasteiger charge is 2.34. The molecule has 1 atom stereocenters. The molecule has 1 aromatic carbocycles. The summed E-state index contributed by atoms with van der Waals surface area (Å²) in [7, 11) is 0. The van der Waals surface area contributed by atoms with Gasteiger partial charge in [0, 0.05) is 11.4 Å². The van der Waals surface area contributed by atoms with Gasteiger partial charge in [-0.05, 0) is 24.8 Å². The molecule has 0 saturated heterocycles. The lowest BCUT2D eigenvalue weighted by atomic mass is 10.1. The average molecular weight is 273 g/mol. The van der Waals surface area contributed by atoms with Crippen LogP contribution in [-0.4, -0.2) is 23.0 Å².